The van der Waals surface area contributed by atoms with Crippen molar-refractivity contribution >= 4 is 21.5 Å². The molecule has 0 bridgehead atoms. The highest BCUT2D eigenvalue weighted by atomic mass is 16.5. The maximum Gasteiger partial charge on any atom is 0.127 e. The first-order valence-corrected chi connectivity index (χ1v) is 6.43. The molecule has 0 unspecified atom stereocenters. The molecule has 0 spiro atoms. The summed E-state index contributed by atoms with van der Waals surface area (Å²) in [5.41, 5.74) is 1.03. The van der Waals surface area contributed by atoms with Gasteiger partial charge in [0.2, 0.25) is 0 Å². The topological polar surface area (TPSA) is 9.23 Å². The van der Waals surface area contributed by atoms with Crippen LogP contribution in [0.4, 0.5) is 0 Å². The van der Waals surface area contributed by atoms with Crippen molar-refractivity contribution in [3.8, 4) is 5.75 Å². The molecule has 0 aliphatic heterocycles. The average molecular weight is 248 g/mol. The van der Waals surface area contributed by atoms with Crippen LogP contribution >= 0.6 is 0 Å². The van der Waals surface area contributed by atoms with E-state index in [2.05, 4.69) is 49.0 Å². The Hall–Kier alpha value is -2.28. The molecular formula is C18H16O. The van der Waals surface area contributed by atoms with Gasteiger partial charge >= 0.3 is 0 Å². The molecule has 0 atom stereocenters. The number of ether oxygens (including phenoxy) is 1. The SMILES string of the molecule is C=C(C)COc1cccc2cc3ccccc3cc12. The van der Waals surface area contributed by atoms with E-state index in [0.717, 1.165) is 16.7 Å². The molecule has 0 N–H and O–H groups in total. The standard InChI is InChI=1S/C18H16O/c1-13(2)12-19-18-9-5-8-16-10-14-6-3-4-7-15(14)11-17(16)18/h3-11H,1,12H2,2H3. The summed E-state index contributed by atoms with van der Waals surface area (Å²) in [6.07, 6.45) is 0. The maximum atomic E-state index is 5.83. The minimum absolute atomic E-state index is 0.561. The van der Waals surface area contributed by atoms with Crippen molar-refractivity contribution < 1.29 is 4.74 Å². The predicted molar refractivity (Wildman–Crippen MR) is 81.8 cm³/mol. The molecule has 3 aromatic carbocycles. The summed E-state index contributed by atoms with van der Waals surface area (Å²) < 4.78 is 5.83. The molecule has 1 nitrogen and oxygen atoms in total. The van der Waals surface area contributed by atoms with Gasteiger partial charge < -0.3 is 4.74 Å². The van der Waals surface area contributed by atoms with Crippen molar-refractivity contribution in [1.29, 1.82) is 0 Å². The van der Waals surface area contributed by atoms with Gasteiger partial charge in [-0.25, -0.2) is 0 Å². The third-order valence-electron chi connectivity index (χ3n) is 3.18. The first-order chi connectivity index (χ1) is 9.24. The van der Waals surface area contributed by atoms with Crippen molar-refractivity contribution in [3.63, 3.8) is 0 Å². The molecule has 0 aliphatic rings. The Morgan fingerprint density at radius 3 is 2.37 bits per heavy atom. The zero-order valence-electron chi connectivity index (χ0n) is 11.0. The Bertz CT molecular complexity index is 756. The van der Waals surface area contributed by atoms with Crippen LogP contribution in [0.3, 0.4) is 0 Å². The Morgan fingerprint density at radius 2 is 1.63 bits per heavy atom. The van der Waals surface area contributed by atoms with Gasteiger partial charge in [-0.15, -0.1) is 0 Å². The fourth-order valence-electron chi connectivity index (χ4n) is 2.26. The molecule has 0 saturated heterocycles. The van der Waals surface area contributed by atoms with Crippen LogP contribution in [0.2, 0.25) is 0 Å². The molecule has 94 valence electrons. The van der Waals surface area contributed by atoms with Crippen molar-refractivity contribution in [3.05, 3.63) is 66.7 Å². The van der Waals surface area contributed by atoms with Gasteiger partial charge in [0, 0.05) is 5.39 Å². The average Bonchev–Trinajstić information content (AvgIpc) is 2.42. The van der Waals surface area contributed by atoms with Gasteiger partial charge in [-0.2, -0.15) is 0 Å². The van der Waals surface area contributed by atoms with Crippen molar-refractivity contribution in [2.45, 2.75) is 6.92 Å². The van der Waals surface area contributed by atoms with Gasteiger partial charge in [-0.05, 0) is 46.9 Å². The van der Waals surface area contributed by atoms with Crippen LogP contribution in [-0.2, 0) is 0 Å². The summed E-state index contributed by atoms with van der Waals surface area (Å²) in [5.74, 6) is 0.922. The summed E-state index contributed by atoms with van der Waals surface area (Å²) in [6.45, 7) is 6.41. The van der Waals surface area contributed by atoms with Crippen LogP contribution in [0.25, 0.3) is 21.5 Å². The van der Waals surface area contributed by atoms with Gasteiger partial charge in [0.05, 0.1) is 0 Å². The Kier molecular flexibility index (Phi) is 2.96. The molecule has 0 radical (unpaired) electrons. The second-order valence-corrected chi connectivity index (χ2v) is 4.92. The molecule has 0 fully saturated rings. The van der Waals surface area contributed by atoms with Crippen LogP contribution in [0.15, 0.2) is 66.7 Å². The first-order valence-electron chi connectivity index (χ1n) is 6.43. The lowest BCUT2D eigenvalue weighted by molar-refractivity contribution is 0.357. The van der Waals surface area contributed by atoms with E-state index in [1.165, 1.54) is 16.2 Å². The van der Waals surface area contributed by atoms with Crippen molar-refractivity contribution in [2.24, 2.45) is 0 Å². The first kappa shape index (κ1) is 11.8. The molecule has 0 saturated carbocycles. The fraction of sp³-hybridized carbons (Fsp3) is 0.111. The number of hydrogen-bond acceptors (Lipinski definition) is 1. The summed E-state index contributed by atoms with van der Waals surface area (Å²) in [4.78, 5) is 0. The van der Waals surface area contributed by atoms with E-state index in [4.69, 9.17) is 4.74 Å². The number of fused-ring (bicyclic) bond motifs is 2. The van der Waals surface area contributed by atoms with Gasteiger partial charge in [-0.1, -0.05) is 43.0 Å². The molecular weight excluding hydrogens is 232 g/mol. The van der Waals surface area contributed by atoms with Crippen molar-refractivity contribution in [2.75, 3.05) is 6.61 Å². The number of hydrogen-bond donors (Lipinski definition) is 0. The smallest absolute Gasteiger partial charge is 0.127 e. The minimum Gasteiger partial charge on any atom is -0.489 e. The summed E-state index contributed by atoms with van der Waals surface area (Å²) in [7, 11) is 0. The monoisotopic (exact) mass is 248 g/mol. The number of benzene rings is 3. The van der Waals surface area contributed by atoms with Crippen LogP contribution in [0.1, 0.15) is 6.92 Å². The lowest BCUT2D eigenvalue weighted by atomic mass is 10.0. The third-order valence-corrected chi connectivity index (χ3v) is 3.18. The minimum atomic E-state index is 0.561. The Balaban J connectivity index is 2.17. The molecule has 0 amide bonds. The molecule has 3 aromatic rings. The molecule has 0 heterocycles. The second kappa shape index (κ2) is 4.77. The summed E-state index contributed by atoms with van der Waals surface area (Å²) >= 11 is 0. The quantitative estimate of drug-likeness (QED) is 0.471. The lowest BCUT2D eigenvalue weighted by Crippen LogP contribution is -1.97. The predicted octanol–water partition coefficient (Wildman–Crippen LogP) is 4.95. The molecule has 0 aliphatic carbocycles. The van der Waals surface area contributed by atoms with Crippen LogP contribution < -0.4 is 4.74 Å². The van der Waals surface area contributed by atoms with E-state index in [1.807, 2.05) is 19.1 Å². The zero-order valence-corrected chi connectivity index (χ0v) is 11.0. The van der Waals surface area contributed by atoms with E-state index < -0.39 is 0 Å². The second-order valence-electron chi connectivity index (χ2n) is 4.92. The van der Waals surface area contributed by atoms with E-state index in [1.54, 1.807) is 0 Å². The normalized spacial score (nSPS) is 10.8. The third kappa shape index (κ3) is 2.32. The largest absolute Gasteiger partial charge is 0.489 e. The fourth-order valence-corrected chi connectivity index (χ4v) is 2.26. The van der Waals surface area contributed by atoms with E-state index in [9.17, 15) is 0 Å². The maximum absolute atomic E-state index is 5.83. The van der Waals surface area contributed by atoms with Gasteiger partial charge in [-0.3, -0.25) is 0 Å². The van der Waals surface area contributed by atoms with Gasteiger partial charge in [0.15, 0.2) is 0 Å². The highest BCUT2D eigenvalue weighted by Crippen LogP contribution is 2.30. The highest BCUT2D eigenvalue weighted by molar-refractivity contribution is 6.00. The summed E-state index contributed by atoms with van der Waals surface area (Å²) in [5, 5.41) is 4.86. The molecule has 0 aromatic heterocycles. The highest BCUT2D eigenvalue weighted by Gasteiger charge is 2.04. The zero-order chi connectivity index (χ0) is 13.2. The Morgan fingerprint density at radius 1 is 0.947 bits per heavy atom. The lowest BCUT2D eigenvalue weighted by Gasteiger charge is -2.10. The van der Waals surface area contributed by atoms with E-state index in [0.29, 0.717) is 6.61 Å². The Labute approximate surface area is 113 Å². The van der Waals surface area contributed by atoms with Crippen LogP contribution in [-0.4, -0.2) is 6.61 Å². The number of rotatable bonds is 3. The summed E-state index contributed by atoms with van der Waals surface area (Å²) in [6, 6.07) is 19.0. The van der Waals surface area contributed by atoms with Crippen LogP contribution in [0, 0.1) is 0 Å². The molecule has 1 heteroatoms. The van der Waals surface area contributed by atoms with Crippen LogP contribution in [0.5, 0.6) is 5.75 Å². The van der Waals surface area contributed by atoms with Gasteiger partial charge in [0.1, 0.15) is 12.4 Å². The van der Waals surface area contributed by atoms with E-state index in [-0.39, 0.29) is 0 Å². The van der Waals surface area contributed by atoms with E-state index >= 15 is 0 Å². The molecule has 19 heavy (non-hydrogen) atoms. The van der Waals surface area contributed by atoms with Crippen molar-refractivity contribution in [1.82, 2.24) is 0 Å². The van der Waals surface area contributed by atoms with Gasteiger partial charge in [0.25, 0.3) is 0 Å². The molecule has 3 rings (SSSR count).